The molecule has 0 aliphatic rings. The fourth-order valence-corrected chi connectivity index (χ4v) is 6.87. The van der Waals surface area contributed by atoms with Crippen molar-refractivity contribution < 1.29 is 62.2 Å². The van der Waals surface area contributed by atoms with Crippen LogP contribution in [0.1, 0.15) is 100 Å². The number of benzene rings is 4. The van der Waals surface area contributed by atoms with Gasteiger partial charge in [-0.1, -0.05) is 49.3 Å². The highest BCUT2D eigenvalue weighted by molar-refractivity contribution is 5.88. The average molecular weight is 841 g/mol. The first kappa shape index (κ1) is 46.8. The average Bonchev–Trinajstić information content (AvgIpc) is 3.19. The van der Waals surface area contributed by atoms with Gasteiger partial charge >= 0.3 is 5.09 Å². The van der Waals surface area contributed by atoms with Gasteiger partial charge in [-0.05, 0) is 112 Å². The summed E-state index contributed by atoms with van der Waals surface area (Å²) in [5, 5.41) is 43.0. The van der Waals surface area contributed by atoms with Crippen LogP contribution < -0.4 is 9.47 Å². The van der Waals surface area contributed by atoms with E-state index in [0.29, 0.717) is 83.4 Å². The Morgan fingerprint density at radius 3 is 1.22 bits per heavy atom. The zero-order valence-electron chi connectivity index (χ0n) is 34.5. The molecular formula is C46H54F4NO9+. The Kier molecular flexibility index (Phi) is 16.3. The van der Waals surface area contributed by atoms with Crippen LogP contribution in [-0.2, 0) is 21.5 Å². The number of hydrogen-bond donors (Lipinski definition) is 4. The van der Waals surface area contributed by atoms with Crippen molar-refractivity contribution in [2.45, 2.75) is 89.9 Å². The molecule has 4 aromatic carbocycles. The molecule has 0 unspecified atom stereocenters. The monoisotopic (exact) mass is 840 g/mol. The van der Waals surface area contributed by atoms with Gasteiger partial charge in [-0.3, -0.25) is 0 Å². The Bertz CT molecular complexity index is 1960. The van der Waals surface area contributed by atoms with E-state index in [1.54, 1.807) is 50.2 Å². The third-order valence-electron chi connectivity index (χ3n) is 10.1. The zero-order valence-corrected chi connectivity index (χ0v) is 34.5. The molecule has 0 spiro atoms. The molecule has 4 N–H and O–H groups in total. The fourth-order valence-electron chi connectivity index (χ4n) is 6.87. The number of aromatic hydroxyl groups is 4. The summed E-state index contributed by atoms with van der Waals surface area (Å²) >= 11 is 0. The molecule has 0 aromatic heterocycles. The van der Waals surface area contributed by atoms with Gasteiger partial charge in [-0.25, -0.2) is 17.6 Å². The van der Waals surface area contributed by atoms with E-state index < -0.39 is 58.8 Å². The molecule has 0 bridgehead atoms. The molecule has 0 heterocycles. The maximum Gasteiger partial charge on any atom is 0.477 e. The van der Waals surface area contributed by atoms with E-state index in [-0.39, 0.29) is 42.3 Å². The van der Waals surface area contributed by atoms with Gasteiger partial charge in [0.25, 0.3) is 11.8 Å². The number of phenols is 4. The van der Waals surface area contributed by atoms with E-state index in [9.17, 15) is 25.3 Å². The minimum Gasteiger partial charge on any atom is -0.507 e. The number of allylic oxidation sites excluding steroid dienone is 2. The van der Waals surface area contributed by atoms with Gasteiger partial charge in [0.2, 0.25) is 0 Å². The van der Waals surface area contributed by atoms with Crippen molar-refractivity contribution in [3.05, 3.63) is 101 Å². The molecule has 0 atom stereocenters. The Morgan fingerprint density at radius 1 is 0.567 bits per heavy atom. The standard InChI is InChI=1S/C46H53F4NO9/c1-29(2)35-17-15-33(57-5)27-37(35)43-39(52)23-31(24-40(43)53)45(47,48)19-11-7-9-13-21-59-51(56)60-22-14-10-8-12-20-46(49,50)32-25-41(54)44(42(55)26-32)38-28-34(58-6)16-18-36(38)30(3)4/h15-18,23-28H,1,3,7-14,19-22H2,2,4-6H3,(H3-,52,53,54,55)/p+1. The summed E-state index contributed by atoms with van der Waals surface area (Å²) in [4.78, 5) is 21.8. The van der Waals surface area contributed by atoms with Crippen LogP contribution >= 0.6 is 0 Å². The molecule has 0 aliphatic carbocycles. The van der Waals surface area contributed by atoms with E-state index in [0.717, 1.165) is 24.3 Å². The number of unbranched alkanes of at least 4 members (excludes halogenated alkanes) is 6. The summed E-state index contributed by atoms with van der Waals surface area (Å²) in [6, 6.07) is 13.8. The molecule has 4 rings (SSSR count). The van der Waals surface area contributed by atoms with Gasteiger partial charge < -0.3 is 29.9 Å². The van der Waals surface area contributed by atoms with E-state index in [4.69, 9.17) is 19.1 Å². The summed E-state index contributed by atoms with van der Waals surface area (Å²) in [6.45, 7) is 11.3. The van der Waals surface area contributed by atoms with Crippen LogP contribution in [0.15, 0.2) is 73.8 Å². The number of alkyl halides is 4. The van der Waals surface area contributed by atoms with Gasteiger partial charge in [-0.15, -0.1) is 0 Å². The van der Waals surface area contributed by atoms with Gasteiger partial charge in [0.05, 0.1) is 25.3 Å². The van der Waals surface area contributed by atoms with Gasteiger partial charge in [0, 0.05) is 35.1 Å². The summed E-state index contributed by atoms with van der Waals surface area (Å²) < 4.78 is 71.0. The van der Waals surface area contributed by atoms with E-state index in [2.05, 4.69) is 13.2 Å². The van der Waals surface area contributed by atoms with Crippen molar-refractivity contribution in [1.82, 2.24) is 0 Å². The van der Waals surface area contributed by atoms with Gasteiger partial charge in [0.15, 0.2) is 13.2 Å². The second-order valence-corrected chi connectivity index (χ2v) is 14.8. The third-order valence-corrected chi connectivity index (χ3v) is 10.1. The largest absolute Gasteiger partial charge is 0.507 e. The maximum absolute atomic E-state index is 15.1. The summed E-state index contributed by atoms with van der Waals surface area (Å²) in [6.07, 6.45) is 1.81. The summed E-state index contributed by atoms with van der Waals surface area (Å²) in [5.41, 5.74) is 2.25. The first-order valence-electron chi connectivity index (χ1n) is 19.7. The number of phenolic OH excluding ortho intramolecular Hbond substituents is 4. The lowest BCUT2D eigenvalue weighted by atomic mass is 9.92. The first-order chi connectivity index (χ1) is 28.4. The normalized spacial score (nSPS) is 11.6. The van der Waals surface area contributed by atoms with Crippen LogP contribution in [0.5, 0.6) is 34.5 Å². The molecule has 0 aliphatic heterocycles. The second kappa shape index (κ2) is 20.9. The van der Waals surface area contributed by atoms with Crippen LogP contribution in [0, 0.1) is 4.91 Å². The predicted octanol–water partition coefficient (Wildman–Crippen LogP) is 12.4. The van der Waals surface area contributed by atoms with Crippen molar-refractivity contribution >= 4 is 11.1 Å². The molecular weight excluding hydrogens is 786 g/mol. The van der Waals surface area contributed by atoms with Crippen molar-refractivity contribution in [2.75, 3.05) is 27.4 Å². The van der Waals surface area contributed by atoms with Crippen molar-refractivity contribution in [3.63, 3.8) is 0 Å². The third kappa shape index (κ3) is 12.1. The zero-order chi connectivity index (χ0) is 44.2. The lowest BCUT2D eigenvalue weighted by Crippen LogP contribution is -2.14. The number of ether oxygens (including phenoxy) is 2. The lowest BCUT2D eigenvalue weighted by Gasteiger charge is -2.20. The highest BCUT2D eigenvalue weighted by Crippen LogP contribution is 2.48. The van der Waals surface area contributed by atoms with E-state index >= 15 is 17.6 Å². The van der Waals surface area contributed by atoms with Crippen molar-refractivity contribution in [1.29, 1.82) is 0 Å². The highest BCUT2D eigenvalue weighted by atomic mass is 19.3. The minimum atomic E-state index is -3.33. The van der Waals surface area contributed by atoms with Crippen molar-refractivity contribution in [3.8, 4) is 56.8 Å². The van der Waals surface area contributed by atoms with Gasteiger partial charge in [0.1, 0.15) is 39.4 Å². The molecule has 60 heavy (non-hydrogen) atoms. The van der Waals surface area contributed by atoms with Crippen LogP contribution in [0.25, 0.3) is 33.4 Å². The van der Waals surface area contributed by atoms with Crippen LogP contribution in [-0.4, -0.2) is 52.9 Å². The lowest BCUT2D eigenvalue weighted by molar-refractivity contribution is -0.981. The quantitative estimate of drug-likeness (QED) is 0.0308. The number of nitrogens with zero attached hydrogens (tertiary/aromatic N) is 1. The molecule has 0 radical (unpaired) electrons. The second-order valence-electron chi connectivity index (χ2n) is 14.8. The van der Waals surface area contributed by atoms with Crippen LogP contribution in [0.4, 0.5) is 17.6 Å². The molecule has 4 aromatic rings. The Labute approximate surface area is 347 Å². The Morgan fingerprint density at radius 2 is 0.900 bits per heavy atom. The molecule has 10 nitrogen and oxygen atoms in total. The molecule has 0 amide bonds. The number of methoxy groups -OCH3 is 2. The number of halogens is 4. The smallest absolute Gasteiger partial charge is 0.477 e. The van der Waals surface area contributed by atoms with E-state index in [1.165, 1.54) is 14.2 Å². The molecule has 0 saturated carbocycles. The first-order valence-corrected chi connectivity index (χ1v) is 19.7. The molecule has 14 heteroatoms. The number of rotatable bonds is 24. The Balaban J connectivity index is 1.12. The maximum atomic E-state index is 15.1. The van der Waals surface area contributed by atoms with E-state index in [1.807, 2.05) is 0 Å². The summed E-state index contributed by atoms with van der Waals surface area (Å²) in [7, 11) is 2.93. The predicted molar refractivity (Wildman–Crippen MR) is 222 cm³/mol. The van der Waals surface area contributed by atoms with Crippen molar-refractivity contribution in [2.24, 2.45) is 0 Å². The highest BCUT2D eigenvalue weighted by Gasteiger charge is 2.34. The summed E-state index contributed by atoms with van der Waals surface area (Å²) in [5.74, 6) is -7.77. The fraction of sp³-hybridized carbons (Fsp3) is 0.391. The number of hydrogen-bond acceptors (Lipinski definition) is 9. The molecule has 0 saturated heterocycles. The van der Waals surface area contributed by atoms with Crippen LogP contribution in [0.2, 0.25) is 0 Å². The van der Waals surface area contributed by atoms with Gasteiger partial charge in [-0.2, -0.15) is 9.68 Å². The Hall–Kier alpha value is -5.92. The topological polar surface area (TPSA) is 138 Å². The molecule has 0 fully saturated rings. The minimum absolute atomic E-state index is 0.00435. The SMILES string of the molecule is C=C(C)c1ccc(OC)cc1-c1c(O)cc(C(F)(F)CCCCCCO[N+](=O)OCCCCCCC(F)(F)c2cc(O)c(-c3cc(OC)ccc3C(=C)C)c(O)c2)cc1O. The molecule has 324 valence electrons. The van der Waals surface area contributed by atoms with Crippen LogP contribution in [0.3, 0.4) is 0 Å².